The SMILES string of the molecule is C=N/C(CNC[C@@H]1CCC(=O)N1)=C(\N=C(C)c1cccc(-c2cccc(-c3cnc(CN4CC[C@@H]4COC)c(OC)n3)c2Cl)c1Cl)OC. The largest absolute Gasteiger partial charge is 0.480 e. The van der Waals surface area contributed by atoms with Gasteiger partial charge in [0.05, 0.1) is 48.5 Å². The summed E-state index contributed by atoms with van der Waals surface area (Å²) in [6.45, 7) is 8.82. The van der Waals surface area contributed by atoms with Crippen molar-refractivity contribution in [3.05, 3.63) is 75.5 Å². The van der Waals surface area contributed by atoms with Crippen LogP contribution >= 0.6 is 23.2 Å². The Hall–Kier alpha value is -3.87. The van der Waals surface area contributed by atoms with Gasteiger partial charge < -0.3 is 24.8 Å². The van der Waals surface area contributed by atoms with E-state index in [0.717, 1.165) is 36.2 Å². The Morgan fingerprint density at radius 2 is 1.85 bits per heavy atom. The van der Waals surface area contributed by atoms with Crippen LogP contribution in [0.3, 0.4) is 0 Å². The quantitative estimate of drug-likeness (QED) is 0.157. The number of benzene rings is 2. The van der Waals surface area contributed by atoms with Gasteiger partial charge in [0.1, 0.15) is 11.4 Å². The van der Waals surface area contributed by atoms with Crippen LogP contribution in [-0.4, -0.2) is 92.9 Å². The van der Waals surface area contributed by atoms with Gasteiger partial charge in [-0.25, -0.2) is 9.98 Å². The molecule has 1 aromatic heterocycles. The highest BCUT2D eigenvalue weighted by Gasteiger charge is 2.29. The van der Waals surface area contributed by atoms with Gasteiger partial charge >= 0.3 is 0 Å². The number of carbonyl (C=O) groups is 1. The molecule has 0 unspecified atom stereocenters. The molecule has 13 heteroatoms. The van der Waals surface area contributed by atoms with Crippen molar-refractivity contribution in [1.29, 1.82) is 0 Å². The molecule has 1 amide bonds. The van der Waals surface area contributed by atoms with Crippen molar-refractivity contribution in [1.82, 2.24) is 25.5 Å². The fraction of sp³-hybridized carbons (Fsp3) is 0.400. The van der Waals surface area contributed by atoms with E-state index in [-0.39, 0.29) is 11.9 Å². The van der Waals surface area contributed by atoms with E-state index >= 15 is 0 Å². The summed E-state index contributed by atoms with van der Waals surface area (Å²) in [5.74, 6) is 0.841. The maximum Gasteiger partial charge on any atom is 0.237 e. The molecule has 3 heterocycles. The number of nitrogens with zero attached hydrogens (tertiary/aromatic N) is 5. The predicted octanol–water partition coefficient (Wildman–Crippen LogP) is 5.54. The van der Waals surface area contributed by atoms with Gasteiger partial charge in [-0.15, -0.1) is 0 Å². The second kappa shape index (κ2) is 16.5. The number of nitrogens with one attached hydrogen (secondary N) is 2. The molecule has 2 aliphatic rings. The molecule has 2 aliphatic heterocycles. The van der Waals surface area contributed by atoms with Crippen LogP contribution in [0.5, 0.6) is 5.88 Å². The normalized spacial score (nSPS) is 18.6. The number of likely N-dealkylation sites (tertiary alicyclic amines) is 1. The highest BCUT2D eigenvalue weighted by molar-refractivity contribution is 6.39. The van der Waals surface area contributed by atoms with E-state index in [9.17, 15) is 4.79 Å². The number of rotatable bonds is 15. The van der Waals surface area contributed by atoms with Gasteiger partial charge in [0.25, 0.3) is 0 Å². The lowest BCUT2D eigenvalue weighted by Crippen LogP contribution is -2.49. The summed E-state index contributed by atoms with van der Waals surface area (Å²) in [6.07, 6.45) is 4.16. The number of hydrogen-bond acceptors (Lipinski definition) is 10. The van der Waals surface area contributed by atoms with Crippen LogP contribution in [0.1, 0.15) is 37.4 Å². The third-order valence-electron chi connectivity index (χ3n) is 8.60. The Bertz CT molecular complexity index is 1710. The Kier molecular flexibility index (Phi) is 12.2. The maximum absolute atomic E-state index is 11.5. The smallest absolute Gasteiger partial charge is 0.237 e. The highest BCUT2D eigenvalue weighted by atomic mass is 35.5. The molecule has 2 saturated heterocycles. The van der Waals surface area contributed by atoms with Crippen molar-refractivity contribution in [2.75, 3.05) is 47.6 Å². The number of amides is 1. The molecule has 0 bridgehead atoms. The zero-order valence-electron chi connectivity index (χ0n) is 27.7. The number of aliphatic imine (C=N–C) groups is 2. The van der Waals surface area contributed by atoms with Crippen molar-refractivity contribution in [3.8, 4) is 28.3 Å². The third-order valence-corrected chi connectivity index (χ3v) is 9.42. The second-order valence-electron chi connectivity index (χ2n) is 11.7. The van der Waals surface area contributed by atoms with Gasteiger partial charge in [-0.3, -0.25) is 19.7 Å². The molecule has 5 rings (SSSR count). The Morgan fingerprint density at radius 1 is 1.10 bits per heavy atom. The summed E-state index contributed by atoms with van der Waals surface area (Å²) in [6, 6.07) is 11.9. The van der Waals surface area contributed by atoms with Gasteiger partial charge in [-0.1, -0.05) is 59.6 Å². The average molecular weight is 695 g/mol. The molecule has 3 aromatic rings. The zero-order chi connectivity index (χ0) is 34.2. The molecule has 0 aliphatic carbocycles. The first kappa shape index (κ1) is 35.4. The number of hydrogen-bond donors (Lipinski definition) is 2. The van der Waals surface area contributed by atoms with Crippen LogP contribution in [0.15, 0.2) is 64.2 Å². The van der Waals surface area contributed by atoms with Crippen LogP contribution in [0.4, 0.5) is 0 Å². The number of ether oxygens (including phenoxy) is 3. The number of methoxy groups -OCH3 is 3. The van der Waals surface area contributed by atoms with Gasteiger partial charge in [-0.05, 0) is 26.5 Å². The fourth-order valence-corrected chi connectivity index (χ4v) is 6.56. The Morgan fingerprint density at radius 3 is 2.50 bits per heavy atom. The second-order valence-corrected chi connectivity index (χ2v) is 12.4. The number of aromatic nitrogens is 2. The molecule has 0 saturated carbocycles. The molecule has 0 radical (unpaired) electrons. The first-order chi connectivity index (χ1) is 23.3. The molecular formula is C35H41Cl2N7O4. The van der Waals surface area contributed by atoms with Crippen molar-refractivity contribution in [2.45, 2.75) is 44.8 Å². The van der Waals surface area contributed by atoms with E-state index in [1.807, 2.05) is 43.3 Å². The van der Waals surface area contributed by atoms with E-state index in [1.54, 1.807) is 20.4 Å². The maximum atomic E-state index is 11.5. The van der Waals surface area contributed by atoms with Crippen molar-refractivity contribution < 1.29 is 19.0 Å². The van der Waals surface area contributed by atoms with Gasteiger partial charge in [-0.2, -0.15) is 0 Å². The summed E-state index contributed by atoms with van der Waals surface area (Å²) in [7, 11) is 4.85. The van der Waals surface area contributed by atoms with E-state index in [1.165, 1.54) is 7.11 Å². The van der Waals surface area contributed by atoms with Crippen molar-refractivity contribution >= 4 is 41.5 Å². The van der Waals surface area contributed by atoms with E-state index in [2.05, 4.69) is 27.2 Å². The minimum atomic E-state index is 0.0711. The molecule has 2 atom stereocenters. The first-order valence-electron chi connectivity index (χ1n) is 15.8. The molecule has 0 spiro atoms. The predicted molar refractivity (Wildman–Crippen MR) is 190 cm³/mol. The molecule has 11 nitrogen and oxygen atoms in total. The Balaban J connectivity index is 1.39. The van der Waals surface area contributed by atoms with Crippen LogP contribution in [0, 0.1) is 0 Å². The monoisotopic (exact) mass is 693 g/mol. The highest BCUT2D eigenvalue weighted by Crippen LogP contribution is 2.40. The van der Waals surface area contributed by atoms with E-state index < -0.39 is 0 Å². The van der Waals surface area contributed by atoms with Crippen LogP contribution in [-0.2, 0) is 20.8 Å². The van der Waals surface area contributed by atoms with Crippen molar-refractivity contribution in [3.63, 3.8) is 0 Å². The molecule has 2 N–H and O–H groups in total. The summed E-state index contributed by atoms with van der Waals surface area (Å²) in [5.41, 5.74) is 5.39. The third kappa shape index (κ3) is 8.04. The lowest BCUT2D eigenvalue weighted by atomic mass is 9.98. The molecule has 2 fully saturated rings. The number of carbonyl (C=O) groups excluding carboxylic acids is 1. The first-order valence-corrected chi connectivity index (χ1v) is 16.5. The minimum absolute atomic E-state index is 0.0711. The minimum Gasteiger partial charge on any atom is -0.480 e. The summed E-state index contributed by atoms with van der Waals surface area (Å²) < 4.78 is 16.6. The molecule has 48 heavy (non-hydrogen) atoms. The standard InChI is InChI=1S/C35H41Cl2N7O4/c1-21(41-34(47-4)29(38-2)17-39-16-22-12-13-31(45)42-22)24-8-6-9-25(32(24)36)26-10-7-11-27(33(26)37)28-18-40-30(35(43-28)48-5)19-44-15-14-23(44)20-46-3/h6-11,18,22-23,39H,2,12-17,19-20H2,1,3-5H3,(H,42,45)/b34-29+,41-21?/t22-,23+/m0/s1. The lowest BCUT2D eigenvalue weighted by molar-refractivity contribution is -0.119. The van der Waals surface area contributed by atoms with Crippen LogP contribution in [0.25, 0.3) is 22.4 Å². The van der Waals surface area contributed by atoms with E-state index in [4.69, 9.17) is 52.4 Å². The Labute approximate surface area is 291 Å². The fourth-order valence-electron chi connectivity index (χ4n) is 5.87. The number of halogens is 2. The van der Waals surface area contributed by atoms with Crippen molar-refractivity contribution in [2.24, 2.45) is 9.98 Å². The molecule has 2 aromatic carbocycles. The zero-order valence-corrected chi connectivity index (χ0v) is 29.2. The van der Waals surface area contributed by atoms with Gasteiger partial charge in [0.15, 0.2) is 0 Å². The average Bonchev–Trinajstić information content (AvgIpc) is 3.51. The molecule has 254 valence electrons. The summed E-state index contributed by atoms with van der Waals surface area (Å²) in [4.78, 5) is 32.2. The molecular weight excluding hydrogens is 653 g/mol. The lowest BCUT2D eigenvalue weighted by Gasteiger charge is -2.40. The van der Waals surface area contributed by atoms with E-state index in [0.29, 0.717) is 88.7 Å². The summed E-state index contributed by atoms with van der Waals surface area (Å²) in [5, 5.41) is 7.21. The van der Waals surface area contributed by atoms with Crippen LogP contribution in [0.2, 0.25) is 10.0 Å². The van der Waals surface area contributed by atoms with Gasteiger partial charge in [0, 0.05) is 74.0 Å². The summed E-state index contributed by atoms with van der Waals surface area (Å²) >= 11 is 14.1. The van der Waals surface area contributed by atoms with Gasteiger partial charge in [0.2, 0.25) is 17.7 Å². The topological polar surface area (TPSA) is 123 Å². The van der Waals surface area contributed by atoms with Crippen LogP contribution < -0.4 is 15.4 Å².